The number of nitrogens with one attached hydrogen (secondary N) is 1. The summed E-state index contributed by atoms with van der Waals surface area (Å²) in [5, 5.41) is 2.69. The van der Waals surface area contributed by atoms with Gasteiger partial charge >= 0.3 is 12.1 Å². The number of nitrogens with zero attached hydrogens (tertiary/aromatic N) is 1. The van der Waals surface area contributed by atoms with Gasteiger partial charge in [0.1, 0.15) is 17.9 Å². The number of β-lactam (4-membered cyclic amide) rings is 1. The summed E-state index contributed by atoms with van der Waals surface area (Å²) in [6.07, 6.45) is 0.428. The molecule has 1 fully saturated rings. The molecule has 0 saturated carbocycles. The van der Waals surface area contributed by atoms with Gasteiger partial charge in [-0.3, -0.25) is 4.79 Å². The monoisotopic (exact) mass is 440 g/mol. The Kier molecular flexibility index (Phi) is 7.70. The maximum absolute atomic E-state index is 12.6. The Balaban J connectivity index is 1.53. The smallest absolute Gasteiger partial charge is 0.407 e. The van der Waals surface area contributed by atoms with Crippen LogP contribution in [0.1, 0.15) is 30.4 Å². The van der Waals surface area contributed by atoms with E-state index in [1.807, 2.05) is 54.6 Å². The number of hydrogen-bond acceptors (Lipinski definition) is 6. The zero-order valence-corrected chi connectivity index (χ0v) is 18.3. The van der Waals surface area contributed by atoms with E-state index in [0.717, 1.165) is 11.1 Å². The Morgan fingerprint density at radius 1 is 1.03 bits per heavy atom. The van der Waals surface area contributed by atoms with Gasteiger partial charge in [-0.05, 0) is 36.1 Å². The number of alkyl carbamates (subject to hydrolysis) is 1. The van der Waals surface area contributed by atoms with Gasteiger partial charge < -0.3 is 24.4 Å². The van der Waals surface area contributed by atoms with Gasteiger partial charge in [0.05, 0.1) is 20.6 Å². The largest absolute Gasteiger partial charge is 0.497 e. The van der Waals surface area contributed by atoms with E-state index < -0.39 is 17.6 Å². The van der Waals surface area contributed by atoms with Gasteiger partial charge in [0.15, 0.2) is 0 Å². The fraction of sp³-hybridized carbons (Fsp3) is 0.375. The van der Waals surface area contributed by atoms with Gasteiger partial charge in [0.25, 0.3) is 0 Å². The number of rotatable bonds is 10. The summed E-state index contributed by atoms with van der Waals surface area (Å²) < 4.78 is 15.4. The number of hydrogen-bond donors (Lipinski definition) is 1. The van der Waals surface area contributed by atoms with E-state index in [4.69, 9.17) is 14.2 Å². The number of benzene rings is 2. The van der Waals surface area contributed by atoms with Gasteiger partial charge in [0.2, 0.25) is 5.91 Å². The Labute approximate surface area is 187 Å². The molecule has 1 saturated heterocycles. The van der Waals surface area contributed by atoms with Crippen molar-refractivity contribution in [1.29, 1.82) is 0 Å². The predicted molar refractivity (Wildman–Crippen MR) is 117 cm³/mol. The van der Waals surface area contributed by atoms with Crippen LogP contribution in [0.25, 0.3) is 0 Å². The molecule has 8 nitrogen and oxygen atoms in total. The Bertz CT molecular complexity index is 931. The maximum Gasteiger partial charge on any atom is 0.407 e. The molecule has 1 heterocycles. The van der Waals surface area contributed by atoms with Crippen molar-refractivity contribution in [2.24, 2.45) is 0 Å². The van der Waals surface area contributed by atoms with E-state index in [1.165, 1.54) is 7.11 Å². The van der Waals surface area contributed by atoms with E-state index in [0.29, 0.717) is 31.7 Å². The van der Waals surface area contributed by atoms with Gasteiger partial charge in [-0.25, -0.2) is 9.59 Å². The number of amides is 2. The van der Waals surface area contributed by atoms with E-state index in [9.17, 15) is 14.4 Å². The number of carbonyl (C=O) groups excluding carboxylic acids is 3. The molecule has 2 aromatic carbocycles. The summed E-state index contributed by atoms with van der Waals surface area (Å²) in [6.45, 7) is 0.796. The lowest BCUT2D eigenvalue weighted by molar-refractivity contribution is -0.180. The summed E-state index contributed by atoms with van der Waals surface area (Å²) in [5.74, 6) is 0.159. The highest BCUT2D eigenvalue weighted by molar-refractivity contribution is 5.99. The van der Waals surface area contributed by atoms with Crippen molar-refractivity contribution >= 4 is 18.0 Å². The van der Waals surface area contributed by atoms with Gasteiger partial charge in [-0.15, -0.1) is 0 Å². The van der Waals surface area contributed by atoms with E-state index in [-0.39, 0.29) is 18.9 Å². The molecule has 32 heavy (non-hydrogen) atoms. The highest BCUT2D eigenvalue weighted by Gasteiger charge is 2.56. The molecular weight excluding hydrogens is 412 g/mol. The molecule has 0 bridgehead atoms. The SMILES string of the molecule is COC(=O)C1(CCCNC(=O)OCc2ccccc2)CC(=O)N1Cc1ccc(OC)cc1. The molecule has 2 aromatic rings. The average molecular weight is 440 g/mol. The molecular formula is C24H28N2O6. The van der Waals surface area contributed by atoms with Crippen molar-refractivity contribution in [3.63, 3.8) is 0 Å². The third-order valence-corrected chi connectivity index (χ3v) is 5.58. The lowest BCUT2D eigenvalue weighted by Crippen LogP contribution is -2.67. The first-order chi connectivity index (χ1) is 15.5. The van der Waals surface area contributed by atoms with Crippen molar-refractivity contribution in [1.82, 2.24) is 10.2 Å². The lowest BCUT2D eigenvalue weighted by atomic mass is 9.79. The minimum Gasteiger partial charge on any atom is -0.497 e. The number of methoxy groups -OCH3 is 2. The first-order valence-corrected chi connectivity index (χ1v) is 10.4. The van der Waals surface area contributed by atoms with Crippen LogP contribution in [0.3, 0.4) is 0 Å². The van der Waals surface area contributed by atoms with Crippen LogP contribution in [-0.4, -0.2) is 49.2 Å². The summed E-state index contributed by atoms with van der Waals surface area (Å²) in [5.41, 5.74) is 0.755. The summed E-state index contributed by atoms with van der Waals surface area (Å²) in [4.78, 5) is 38.4. The van der Waals surface area contributed by atoms with Gasteiger partial charge in [-0.2, -0.15) is 0 Å². The number of likely N-dealkylation sites (tertiary alicyclic amines) is 1. The molecule has 8 heteroatoms. The van der Waals surface area contributed by atoms with Crippen molar-refractivity contribution in [3.05, 3.63) is 65.7 Å². The fourth-order valence-corrected chi connectivity index (χ4v) is 3.78. The molecule has 1 aliphatic heterocycles. The van der Waals surface area contributed by atoms with E-state index in [1.54, 1.807) is 12.0 Å². The highest BCUT2D eigenvalue weighted by atomic mass is 16.5. The molecule has 2 amide bonds. The molecule has 0 aliphatic carbocycles. The normalized spacial score (nSPS) is 17.3. The van der Waals surface area contributed by atoms with Crippen LogP contribution < -0.4 is 10.1 Å². The molecule has 0 aromatic heterocycles. The molecule has 1 N–H and O–H groups in total. The third-order valence-electron chi connectivity index (χ3n) is 5.58. The highest BCUT2D eigenvalue weighted by Crippen LogP contribution is 2.38. The molecule has 1 atom stereocenters. The van der Waals surface area contributed by atoms with Crippen molar-refractivity contribution in [2.75, 3.05) is 20.8 Å². The van der Waals surface area contributed by atoms with Crippen molar-refractivity contribution < 1.29 is 28.6 Å². The first kappa shape index (κ1) is 23.1. The van der Waals surface area contributed by atoms with Crippen LogP contribution in [-0.2, 0) is 32.2 Å². The minimum atomic E-state index is -1.03. The Morgan fingerprint density at radius 2 is 1.75 bits per heavy atom. The van der Waals surface area contributed by atoms with Crippen LogP contribution in [0.5, 0.6) is 5.75 Å². The van der Waals surface area contributed by atoms with Gasteiger partial charge in [-0.1, -0.05) is 42.5 Å². The molecule has 0 radical (unpaired) electrons. The summed E-state index contributed by atoms with van der Waals surface area (Å²) in [6, 6.07) is 16.7. The maximum atomic E-state index is 12.6. The predicted octanol–water partition coefficient (Wildman–Crippen LogP) is 3.05. The first-order valence-electron chi connectivity index (χ1n) is 10.4. The third kappa shape index (κ3) is 5.38. The standard InChI is InChI=1S/C24H28N2O6/c1-30-20-11-9-18(10-12-20)16-26-21(27)15-24(26,22(28)31-2)13-6-14-25-23(29)32-17-19-7-4-3-5-8-19/h3-5,7-12H,6,13-17H2,1-2H3,(H,25,29). The number of ether oxygens (including phenoxy) is 3. The Hall–Kier alpha value is -3.55. The summed E-state index contributed by atoms with van der Waals surface area (Å²) >= 11 is 0. The van der Waals surface area contributed by atoms with Crippen LogP contribution >= 0.6 is 0 Å². The van der Waals surface area contributed by atoms with Crippen LogP contribution in [0, 0.1) is 0 Å². The van der Waals surface area contributed by atoms with E-state index in [2.05, 4.69) is 5.32 Å². The van der Waals surface area contributed by atoms with Crippen molar-refractivity contribution in [2.45, 2.75) is 38.0 Å². The average Bonchev–Trinajstić information content (AvgIpc) is 2.83. The minimum absolute atomic E-state index is 0.0915. The zero-order chi connectivity index (χ0) is 23.0. The fourth-order valence-electron chi connectivity index (χ4n) is 3.78. The number of carbonyl (C=O) groups is 3. The van der Waals surface area contributed by atoms with Gasteiger partial charge in [0, 0.05) is 13.1 Å². The second kappa shape index (κ2) is 10.7. The van der Waals surface area contributed by atoms with Crippen LogP contribution in [0.15, 0.2) is 54.6 Å². The quantitative estimate of drug-likeness (QED) is 0.347. The molecule has 1 unspecified atom stereocenters. The lowest BCUT2D eigenvalue weighted by Gasteiger charge is -2.49. The Morgan fingerprint density at radius 3 is 2.38 bits per heavy atom. The second-order valence-electron chi connectivity index (χ2n) is 7.62. The van der Waals surface area contributed by atoms with Crippen molar-refractivity contribution in [3.8, 4) is 5.75 Å². The number of esters is 1. The molecule has 3 rings (SSSR count). The second-order valence-corrected chi connectivity index (χ2v) is 7.62. The topological polar surface area (TPSA) is 94.2 Å². The molecule has 1 aliphatic rings. The summed E-state index contributed by atoms with van der Waals surface area (Å²) in [7, 11) is 2.90. The van der Waals surface area contributed by atoms with E-state index >= 15 is 0 Å². The zero-order valence-electron chi connectivity index (χ0n) is 18.3. The molecule has 0 spiro atoms. The van der Waals surface area contributed by atoms with Crippen LogP contribution in [0.2, 0.25) is 0 Å². The molecule has 170 valence electrons. The van der Waals surface area contributed by atoms with Crippen LogP contribution in [0.4, 0.5) is 4.79 Å².